The van der Waals surface area contributed by atoms with Gasteiger partial charge in [0, 0.05) is 44.4 Å². The van der Waals surface area contributed by atoms with Crippen LogP contribution in [0.5, 0.6) is 0 Å². The number of amides is 1. The van der Waals surface area contributed by atoms with Gasteiger partial charge in [0.2, 0.25) is 0 Å². The van der Waals surface area contributed by atoms with Gasteiger partial charge in [0.05, 0.1) is 17.7 Å². The van der Waals surface area contributed by atoms with Gasteiger partial charge in [-0.3, -0.25) is 9.69 Å². The number of hydrogen-bond acceptors (Lipinski definition) is 5. The molecule has 0 spiro atoms. The van der Waals surface area contributed by atoms with Gasteiger partial charge < -0.3 is 14.6 Å². The SMILES string of the molecule is C[C@H](Cc1nncn1C)c1cccc(N2Cc3c(cc(CN4CC[C@](C)(O)C4)cc3C(F)(F)F)C2=O)c1. The number of aliphatic hydroxyl groups is 1. The number of carbonyl (C=O) groups excluding carboxylic acids is 1. The molecule has 1 aromatic heterocycles. The molecule has 1 saturated heterocycles. The average molecular weight is 514 g/mol. The van der Waals surface area contributed by atoms with E-state index >= 15 is 0 Å². The molecule has 0 bridgehead atoms. The summed E-state index contributed by atoms with van der Waals surface area (Å²) in [5.74, 6) is 0.455. The molecular weight excluding hydrogens is 483 g/mol. The molecule has 0 saturated carbocycles. The van der Waals surface area contributed by atoms with Crippen LogP contribution in [-0.4, -0.2) is 49.4 Å². The van der Waals surface area contributed by atoms with E-state index in [1.807, 2.05) is 41.6 Å². The van der Waals surface area contributed by atoms with Crippen molar-refractivity contribution < 1.29 is 23.1 Å². The van der Waals surface area contributed by atoms with E-state index < -0.39 is 23.2 Å². The molecule has 196 valence electrons. The molecule has 7 nitrogen and oxygen atoms in total. The van der Waals surface area contributed by atoms with E-state index in [9.17, 15) is 23.1 Å². The first-order valence-electron chi connectivity index (χ1n) is 12.3. The van der Waals surface area contributed by atoms with E-state index in [1.165, 1.54) is 4.90 Å². The molecule has 37 heavy (non-hydrogen) atoms. The highest BCUT2D eigenvalue weighted by atomic mass is 19.4. The van der Waals surface area contributed by atoms with E-state index in [-0.39, 0.29) is 30.1 Å². The molecule has 1 N–H and O–H groups in total. The standard InChI is InChI=1S/C27H30F3N5O2/c1-17(9-24-32-31-16-33(24)3)19-5-4-6-20(12-19)35-14-22-21(25(35)36)10-18(11-23(22)27(28,29)30)13-34-8-7-26(2,37)15-34/h4-6,10-12,16-17,37H,7-9,13-15H2,1-3H3/t17-,26+/m1/s1. The molecule has 2 atom stereocenters. The van der Waals surface area contributed by atoms with Crippen molar-refractivity contribution >= 4 is 11.6 Å². The number of β-amino-alcohol motifs (C(OH)–C–C–N with tert-alkyl or cyclic N) is 1. The lowest BCUT2D eigenvalue weighted by molar-refractivity contribution is -0.138. The summed E-state index contributed by atoms with van der Waals surface area (Å²) in [4.78, 5) is 16.8. The van der Waals surface area contributed by atoms with Crippen molar-refractivity contribution in [1.29, 1.82) is 0 Å². The number of fused-ring (bicyclic) bond motifs is 1. The number of aryl methyl sites for hydroxylation is 1. The topological polar surface area (TPSA) is 74.5 Å². The van der Waals surface area contributed by atoms with Crippen LogP contribution in [0.25, 0.3) is 0 Å². The van der Waals surface area contributed by atoms with Gasteiger partial charge in [0.1, 0.15) is 12.2 Å². The molecule has 5 rings (SSSR count). The van der Waals surface area contributed by atoms with Crippen LogP contribution >= 0.6 is 0 Å². The number of nitrogens with zero attached hydrogens (tertiary/aromatic N) is 5. The second kappa shape index (κ2) is 9.25. The Bertz CT molecular complexity index is 1330. The maximum atomic E-state index is 14.1. The van der Waals surface area contributed by atoms with E-state index in [4.69, 9.17) is 0 Å². The van der Waals surface area contributed by atoms with Crippen LogP contribution in [0.1, 0.15) is 64.6 Å². The summed E-state index contributed by atoms with van der Waals surface area (Å²) in [5, 5.41) is 18.3. The molecular formula is C27H30F3N5O2. The normalized spacial score (nSPS) is 21.1. The monoisotopic (exact) mass is 513 g/mol. The Hall–Kier alpha value is -3.24. The Morgan fingerprint density at radius 1 is 1.22 bits per heavy atom. The fourth-order valence-electron chi connectivity index (χ4n) is 5.34. The lowest BCUT2D eigenvalue weighted by Gasteiger charge is -2.20. The maximum Gasteiger partial charge on any atom is 0.416 e. The third-order valence-corrected chi connectivity index (χ3v) is 7.39. The van der Waals surface area contributed by atoms with Crippen LogP contribution in [0.4, 0.5) is 18.9 Å². The summed E-state index contributed by atoms with van der Waals surface area (Å²) in [6.45, 7) is 4.84. The van der Waals surface area contributed by atoms with Crippen LogP contribution < -0.4 is 4.90 Å². The largest absolute Gasteiger partial charge is 0.416 e. The Kier molecular flexibility index (Phi) is 6.35. The third-order valence-electron chi connectivity index (χ3n) is 7.39. The van der Waals surface area contributed by atoms with Crippen LogP contribution in [0.3, 0.4) is 0 Å². The quantitative estimate of drug-likeness (QED) is 0.532. The van der Waals surface area contributed by atoms with E-state index in [1.54, 1.807) is 25.4 Å². The van der Waals surface area contributed by atoms with Crippen LogP contribution in [0.15, 0.2) is 42.7 Å². The van der Waals surface area contributed by atoms with E-state index in [0.29, 0.717) is 37.2 Å². The fourth-order valence-corrected chi connectivity index (χ4v) is 5.34. The summed E-state index contributed by atoms with van der Waals surface area (Å²) in [6, 6.07) is 10.1. The molecule has 2 aliphatic rings. The number of alkyl halides is 3. The number of carbonyl (C=O) groups is 1. The zero-order chi connectivity index (χ0) is 26.5. The van der Waals surface area contributed by atoms with E-state index in [0.717, 1.165) is 17.5 Å². The first-order valence-corrected chi connectivity index (χ1v) is 12.3. The number of rotatable bonds is 6. The lowest BCUT2D eigenvalue weighted by atomic mass is 9.97. The van der Waals surface area contributed by atoms with Crippen molar-refractivity contribution in [3.8, 4) is 0 Å². The molecule has 1 fully saturated rings. The van der Waals surface area contributed by atoms with Gasteiger partial charge in [-0.1, -0.05) is 19.1 Å². The summed E-state index contributed by atoms with van der Waals surface area (Å²) in [7, 11) is 1.87. The zero-order valence-corrected chi connectivity index (χ0v) is 21.1. The minimum atomic E-state index is -4.58. The molecule has 3 heterocycles. The molecule has 10 heteroatoms. The van der Waals surface area contributed by atoms with Gasteiger partial charge >= 0.3 is 6.18 Å². The molecule has 2 aliphatic heterocycles. The molecule has 0 radical (unpaired) electrons. The van der Waals surface area contributed by atoms with Crippen molar-refractivity contribution in [3.63, 3.8) is 0 Å². The minimum Gasteiger partial charge on any atom is -0.389 e. The highest BCUT2D eigenvalue weighted by Gasteiger charge is 2.41. The fraction of sp³-hybridized carbons (Fsp3) is 0.444. The van der Waals surface area contributed by atoms with Crippen LogP contribution in [0, 0.1) is 0 Å². The summed E-state index contributed by atoms with van der Waals surface area (Å²) in [5.41, 5.74) is 0.417. The van der Waals surface area contributed by atoms with Gasteiger partial charge in [0.15, 0.2) is 0 Å². The smallest absolute Gasteiger partial charge is 0.389 e. The Morgan fingerprint density at radius 3 is 2.65 bits per heavy atom. The first kappa shape index (κ1) is 25.4. The second-order valence-corrected chi connectivity index (χ2v) is 10.6. The van der Waals surface area contributed by atoms with Gasteiger partial charge in [-0.15, -0.1) is 10.2 Å². The average Bonchev–Trinajstić information content (AvgIpc) is 3.50. The number of likely N-dealkylation sites (tertiary alicyclic amines) is 1. The number of anilines is 1. The predicted octanol–water partition coefficient (Wildman–Crippen LogP) is 4.30. The van der Waals surface area contributed by atoms with Crippen molar-refractivity contribution in [2.24, 2.45) is 7.05 Å². The van der Waals surface area contributed by atoms with E-state index in [2.05, 4.69) is 10.2 Å². The zero-order valence-electron chi connectivity index (χ0n) is 21.1. The van der Waals surface area contributed by atoms with Gasteiger partial charge in [-0.05, 0) is 60.2 Å². The lowest BCUT2D eigenvalue weighted by Crippen LogP contribution is -2.29. The van der Waals surface area contributed by atoms with Crippen LogP contribution in [0.2, 0.25) is 0 Å². The van der Waals surface area contributed by atoms with Gasteiger partial charge in [-0.2, -0.15) is 13.2 Å². The molecule has 1 amide bonds. The number of benzene rings is 2. The number of aromatic nitrogens is 3. The Balaban J connectivity index is 1.42. The first-order chi connectivity index (χ1) is 17.4. The summed E-state index contributed by atoms with van der Waals surface area (Å²) < 4.78 is 44.2. The molecule has 3 aromatic rings. The highest BCUT2D eigenvalue weighted by Crippen LogP contribution is 2.40. The highest BCUT2D eigenvalue weighted by molar-refractivity contribution is 6.10. The third kappa shape index (κ3) is 5.13. The Morgan fingerprint density at radius 2 is 2.00 bits per heavy atom. The summed E-state index contributed by atoms with van der Waals surface area (Å²) >= 11 is 0. The molecule has 0 aliphatic carbocycles. The molecule has 0 unspecified atom stereocenters. The predicted molar refractivity (Wildman–Crippen MR) is 132 cm³/mol. The maximum absolute atomic E-state index is 14.1. The molecule has 2 aromatic carbocycles. The van der Waals surface area contributed by atoms with Crippen molar-refractivity contribution in [1.82, 2.24) is 19.7 Å². The second-order valence-electron chi connectivity index (χ2n) is 10.6. The van der Waals surface area contributed by atoms with Gasteiger partial charge in [-0.25, -0.2) is 0 Å². The van der Waals surface area contributed by atoms with Crippen molar-refractivity contribution in [2.75, 3.05) is 18.0 Å². The van der Waals surface area contributed by atoms with Crippen molar-refractivity contribution in [2.45, 2.75) is 57.5 Å². The minimum absolute atomic E-state index is 0.00667. The number of hydrogen-bond donors (Lipinski definition) is 1. The van der Waals surface area contributed by atoms with Crippen LogP contribution in [-0.2, 0) is 32.7 Å². The number of halogens is 3. The van der Waals surface area contributed by atoms with Crippen molar-refractivity contribution in [3.05, 3.63) is 76.4 Å². The Labute approximate surface area is 213 Å². The summed E-state index contributed by atoms with van der Waals surface area (Å²) in [6.07, 6.45) is -1.75. The van der Waals surface area contributed by atoms with Gasteiger partial charge in [0.25, 0.3) is 5.91 Å².